The Kier molecular flexibility index (Phi) is 9.85. The van der Waals surface area contributed by atoms with E-state index in [4.69, 9.17) is 9.47 Å². The van der Waals surface area contributed by atoms with Crippen LogP contribution in [0.25, 0.3) is 0 Å². The minimum Gasteiger partial charge on any atom is -0.462 e. The Morgan fingerprint density at radius 2 is 1.55 bits per heavy atom. The number of unbranched alkanes of at least 4 members (excludes halogenated alkanes) is 5. The van der Waals surface area contributed by atoms with Gasteiger partial charge in [0.15, 0.2) is 0 Å². The topological polar surface area (TPSA) is 55.8 Å². The van der Waals surface area contributed by atoms with E-state index in [1.165, 1.54) is 64.5 Å². The Labute approximate surface area is 187 Å². The van der Waals surface area contributed by atoms with Gasteiger partial charge in [0.05, 0.1) is 24.3 Å². The zero-order chi connectivity index (χ0) is 21.9. The molecular weight excluding hydrogens is 390 g/mol. The molecule has 2 aliphatic heterocycles. The molecule has 2 unspecified atom stereocenters. The van der Waals surface area contributed by atoms with Crippen molar-refractivity contribution < 1.29 is 19.1 Å². The van der Waals surface area contributed by atoms with Crippen LogP contribution in [0.5, 0.6) is 0 Å². The van der Waals surface area contributed by atoms with E-state index in [0.717, 1.165) is 19.3 Å². The first-order valence-electron chi connectivity index (χ1n) is 12.4. The van der Waals surface area contributed by atoms with Gasteiger partial charge in [0.1, 0.15) is 0 Å². The predicted molar refractivity (Wildman–Crippen MR) is 122 cm³/mol. The Bertz CT molecular complexity index is 702. The number of carbonyl (C=O) groups is 2. The fourth-order valence-electron chi connectivity index (χ4n) is 5.00. The van der Waals surface area contributed by atoms with Crippen molar-refractivity contribution in [1.29, 1.82) is 0 Å². The molecule has 1 aromatic rings. The fraction of sp³-hybridized carbons (Fsp3) is 0.692. The van der Waals surface area contributed by atoms with E-state index in [1.807, 2.05) is 0 Å². The average Bonchev–Trinajstić information content (AvgIpc) is 2.81. The molecule has 0 saturated carbocycles. The summed E-state index contributed by atoms with van der Waals surface area (Å²) in [5.74, 6) is -0.456. The van der Waals surface area contributed by atoms with Gasteiger partial charge < -0.3 is 9.47 Å². The van der Waals surface area contributed by atoms with Crippen LogP contribution < -0.4 is 0 Å². The van der Waals surface area contributed by atoms with Crippen molar-refractivity contribution in [1.82, 2.24) is 4.90 Å². The first kappa shape index (κ1) is 23.8. The van der Waals surface area contributed by atoms with Gasteiger partial charge in [-0.15, -0.1) is 0 Å². The van der Waals surface area contributed by atoms with Crippen LogP contribution in [0.1, 0.15) is 98.3 Å². The summed E-state index contributed by atoms with van der Waals surface area (Å²) in [6.45, 7) is 5.36. The maximum atomic E-state index is 12.8. The third-order valence-electron chi connectivity index (χ3n) is 6.76. The maximum absolute atomic E-state index is 12.8. The molecule has 0 aromatic heterocycles. The van der Waals surface area contributed by atoms with Gasteiger partial charge in [0, 0.05) is 12.0 Å². The number of rotatable bonds is 11. The standard InChI is InChI=1S/C26H39NO4/c1-2-3-4-5-6-11-19-30-25(28)22-14-7-8-15-23(22)26(29)31-20-21-13-12-18-27-17-10-9-16-24(21)27/h7-8,14-15,21,24H,2-6,9-13,16-20H2,1H3. The third kappa shape index (κ3) is 7.06. The number of hydrogen-bond donors (Lipinski definition) is 0. The molecule has 0 N–H and O–H groups in total. The lowest BCUT2D eigenvalue weighted by atomic mass is 9.84. The fourth-order valence-corrected chi connectivity index (χ4v) is 5.00. The molecule has 0 bridgehead atoms. The van der Waals surface area contributed by atoms with E-state index in [1.54, 1.807) is 24.3 Å². The van der Waals surface area contributed by atoms with Crippen molar-refractivity contribution in [2.24, 2.45) is 5.92 Å². The summed E-state index contributed by atoms with van der Waals surface area (Å²) < 4.78 is 11.2. The van der Waals surface area contributed by atoms with E-state index in [9.17, 15) is 9.59 Å². The van der Waals surface area contributed by atoms with Crippen LogP contribution in [0, 0.1) is 5.92 Å². The smallest absolute Gasteiger partial charge is 0.339 e. The molecule has 0 amide bonds. The van der Waals surface area contributed by atoms with Gasteiger partial charge in [-0.3, -0.25) is 4.90 Å². The first-order valence-corrected chi connectivity index (χ1v) is 12.4. The van der Waals surface area contributed by atoms with Gasteiger partial charge >= 0.3 is 11.9 Å². The Hall–Kier alpha value is -1.88. The second-order valence-electron chi connectivity index (χ2n) is 9.05. The second-order valence-corrected chi connectivity index (χ2v) is 9.05. The van der Waals surface area contributed by atoms with Crippen molar-refractivity contribution in [2.45, 2.75) is 83.6 Å². The lowest BCUT2D eigenvalue weighted by molar-refractivity contribution is 0.00711. The van der Waals surface area contributed by atoms with E-state index < -0.39 is 11.9 Å². The zero-order valence-electron chi connectivity index (χ0n) is 19.2. The largest absolute Gasteiger partial charge is 0.462 e. The summed E-state index contributed by atoms with van der Waals surface area (Å²) in [6.07, 6.45) is 12.8. The highest BCUT2D eigenvalue weighted by molar-refractivity contribution is 6.03. The number of hydrogen-bond acceptors (Lipinski definition) is 5. The molecule has 2 saturated heterocycles. The van der Waals surface area contributed by atoms with Crippen molar-refractivity contribution in [3.05, 3.63) is 35.4 Å². The van der Waals surface area contributed by atoms with Crippen LogP contribution in [0.2, 0.25) is 0 Å². The SMILES string of the molecule is CCCCCCCCOC(=O)c1ccccc1C(=O)OCC1CCCN2CCCCC12. The van der Waals surface area contributed by atoms with Crippen molar-refractivity contribution in [3.63, 3.8) is 0 Å². The summed E-state index contributed by atoms with van der Waals surface area (Å²) in [4.78, 5) is 27.9. The quantitative estimate of drug-likeness (QED) is 0.337. The van der Waals surface area contributed by atoms with Gasteiger partial charge in [-0.05, 0) is 57.3 Å². The molecule has 1 aromatic carbocycles. The maximum Gasteiger partial charge on any atom is 0.339 e. The molecular formula is C26H39NO4. The summed E-state index contributed by atoms with van der Waals surface area (Å²) in [5, 5.41) is 0. The number of carbonyl (C=O) groups excluding carboxylic acids is 2. The number of fused-ring (bicyclic) bond motifs is 1. The van der Waals surface area contributed by atoms with E-state index >= 15 is 0 Å². The van der Waals surface area contributed by atoms with Crippen LogP contribution in [0.15, 0.2) is 24.3 Å². The van der Waals surface area contributed by atoms with Crippen molar-refractivity contribution >= 4 is 11.9 Å². The normalized spacial score (nSPS) is 21.3. The van der Waals surface area contributed by atoms with Gasteiger partial charge in [0.25, 0.3) is 0 Å². The molecule has 2 fully saturated rings. The summed E-state index contributed by atoms with van der Waals surface area (Å²) in [7, 11) is 0. The van der Waals surface area contributed by atoms with E-state index in [-0.39, 0.29) is 0 Å². The molecule has 0 radical (unpaired) electrons. The molecule has 2 aliphatic rings. The Balaban J connectivity index is 1.48. The summed E-state index contributed by atoms with van der Waals surface area (Å²) in [5.41, 5.74) is 0.619. The molecule has 2 atom stereocenters. The van der Waals surface area contributed by atoms with Crippen LogP contribution in [0.3, 0.4) is 0 Å². The third-order valence-corrected chi connectivity index (χ3v) is 6.76. The van der Waals surface area contributed by atoms with Gasteiger partial charge in [-0.1, -0.05) is 57.6 Å². The molecule has 5 heteroatoms. The molecule has 172 valence electrons. The van der Waals surface area contributed by atoms with Crippen LogP contribution in [-0.2, 0) is 9.47 Å². The zero-order valence-corrected chi connectivity index (χ0v) is 19.2. The number of esters is 2. The minimum absolute atomic E-state index is 0.307. The minimum atomic E-state index is -0.433. The van der Waals surface area contributed by atoms with Crippen LogP contribution in [0.4, 0.5) is 0 Å². The molecule has 0 spiro atoms. The lowest BCUT2D eigenvalue weighted by Crippen LogP contribution is -2.49. The highest BCUT2D eigenvalue weighted by Crippen LogP contribution is 2.31. The van der Waals surface area contributed by atoms with Crippen LogP contribution in [-0.4, -0.2) is 49.2 Å². The first-order chi connectivity index (χ1) is 15.2. The monoisotopic (exact) mass is 429 g/mol. The molecule has 3 rings (SSSR count). The second kappa shape index (κ2) is 12.8. The number of piperidine rings is 2. The Morgan fingerprint density at radius 3 is 2.32 bits per heavy atom. The summed E-state index contributed by atoms with van der Waals surface area (Å²) in [6, 6.07) is 7.39. The van der Waals surface area contributed by atoms with E-state index in [0.29, 0.717) is 36.3 Å². The average molecular weight is 430 g/mol. The van der Waals surface area contributed by atoms with Gasteiger partial charge in [-0.2, -0.15) is 0 Å². The molecule has 0 aliphatic carbocycles. The number of nitrogens with zero attached hydrogens (tertiary/aromatic N) is 1. The van der Waals surface area contributed by atoms with Crippen LogP contribution >= 0.6 is 0 Å². The molecule has 2 heterocycles. The lowest BCUT2D eigenvalue weighted by Gasteiger charge is -2.44. The predicted octanol–water partition coefficient (Wildman–Crippen LogP) is 5.63. The highest BCUT2D eigenvalue weighted by Gasteiger charge is 2.34. The van der Waals surface area contributed by atoms with E-state index in [2.05, 4.69) is 11.8 Å². The highest BCUT2D eigenvalue weighted by atomic mass is 16.5. The number of ether oxygens (including phenoxy) is 2. The van der Waals surface area contributed by atoms with Crippen molar-refractivity contribution in [2.75, 3.05) is 26.3 Å². The summed E-state index contributed by atoms with van der Waals surface area (Å²) >= 11 is 0. The molecule has 31 heavy (non-hydrogen) atoms. The Morgan fingerprint density at radius 1 is 0.871 bits per heavy atom. The number of benzene rings is 1. The van der Waals surface area contributed by atoms with Gasteiger partial charge in [0.2, 0.25) is 0 Å². The molecule has 5 nitrogen and oxygen atoms in total. The van der Waals surface area contributed by atoms with Crippen molar-refractivity contribution in [3.8, 4) is 0 Å². The van der Waals surface area contributed by atoms with Gasteiger partial charge in [-0.25, -0.2) is 9.59 Å².